The van der Waals surface area contributed by atoms with Gasteiger partial charge in [-0.3, -0.25) is 14.9 Å². The summed E-state index contributed by atoms with van der Waals surface area (Å²) in [5.74, 6) is -1.47. The molecule has 0 aliphatic carbocycles. The van der Waals surface area contributed by atoms with Crippen molar-refractivity contribution in [2.75, 3.05) is 13.7 Å². The zero-order valence-corrected chi connectivity index (χ0v) is 13.2. The van der Waals surface area contributed by atoms with E-state index in [9.17, 15) is 14.4 Å². The Kier molecular flexibility index (Phi) is 8.61. The first-order valence-electron chi connectivity index (χ1n) is 7.01. The minimum atomic E-state index is -0.972. The molecule has 0 heterocycles. The number of imide groups is 1. The Morgan fingerprint density at radius 1 is 1.24 bits per heavy atom. The average Bonchev–Trinajstić information content (AvgIpc) is 2.25. The largest absolute Gasteiger partial charge is 0.481 e. The summed E-state index contributed by atoms with van der Waals surface area (Å²) in [4.78, 5) is 34.1. The number of carboxylic acids is 1. The molecular weight excluding hydrogens is 276 g/mol. The lowest BCUT2D eigenvalue weighted by Gasteiger charge is -2.22. The molecule has 0 bridgehead atoms. The highest BCUT2D eigenvalue weighted by Crippen LogP contribution is 2.24. The number of carbonyl (C=O) groups is 3. The summed E-state index contributed by atoms with van der Waals surface area (Å²) in [6.07, 6.45) is 1.47. The van der Waals surface area contributed by atoms with Crippen LogP contribution in [0.25, 0.3) is 0 Å². The van der Waals surface area contributed by atoms with Crippen LogP contribution in [-0.4, -0.2) is 42.8 Å². The fourth-order valence-corrected chi connectivity index (χ4v) is 2.05. The number of hydrogen-bond donors (Lipinski definition) is 3. The predicted octanol–water partition coefficient (Wildman–Crippen LogP) is 1.52. The second-order valence-corrected chi connectivity index (χ2v) is 5.87. The molecule has 0 aliphatic rings. The zero-order chi connectivity index (χ0) is 16.5. The molecule has 0 aromatic rings. The predicted molar refractivity (Wildman–Crippen MR) is 77.9 cm³/mol. The van der Waals surface area contributed by atoms with Crippen LogP contribution < -0.4 is 10.6 Å². The van der Waals surface area contributed by atoms with Crippen LogP contribution >= 0.6 is 0 Å². The van der Waals surface area contributed by atoms with E-state index < -0.39 is 23.3 Å². The molecule has 1 atom stereocenters. The Hall–Kier alpha value is -1.63. The van der Waals surface area contributed by atoms with Crippen LogP contribution in [-0.2, 0) is 14.3 Å². The van der Waals surface area contributed by atoms with Crippen molar-refractivity contribution in [1.82, 2.24) is 10.6 Å². The van der Waals surface area contributed by atoms with Crippen molar-refractivity contribution in [2.45, 2.75) is 52.5 Å². The van der Waals surface area contributed by atoms with E-state index >= 15 is 0 Å². The molecule has 0 saturated heterocycles. The van der Waals surface area contributed by atoms with Crippen molar-refractivity contribution in [3.8, 4) is 0 Å². The third-order valence-corrected chi connectivity index (χ3v) is 2.86. The van der Waals surface area contributed by atoms with E-state index in [4.69, 9.17) is 9.84 Å². The molecule has 0 saturated carbocycles. The number of aliphatic carboxylic acids is 1. The van der Waals surface area contributed by atoms with Gasteiger partial charge in [0.05, 0.1) is 19.1 Å². The highest BCUT2D eigenvalue weighted by molar-refractivity contribution is 5.94. The van der Waals surface area contributed by atoms with Gasteiger partial charge in [0.25, 0.3) is 0 Å². The van der Waals surface area contributed by atoms with Crippen LogP contribution in [0.2, 0.25) is 0 Å². The Morgan fingerprint density at radius 3 is 2.33 bits per heavy atom. The normalized spacial score (nSPS) is 12.6. The lowest BCUT2D eigenvalue weighted by Crippen LogP contribution is -2.46. The van der Waals surface area contributed by atoms with Crippen LogP contribution in [0.1, 0.15) is 46.5 Å². The average molecular weight is 302 g/mol. The second kappa shape index (κ2) is 9.33. The first-order chi connectivity index (χ1) is 9.70. The van der Waals surface area contributed by atoms with Crippen molar-refractivity contribution in [3.05, 3.63) is 0 Å². The van der Waals surface area contributed by atoms with Crippen molar-refractivity contribution in [3.63, 3.8) is 0 Å². The van der Waals surface area contributed by atoms with Gasteiger partial charge in [-0.05, 0) is 11.8 Å². The lowest BCUT2D eigenvalue weighted by atomic mass is 9.85. The minimum absolute atomic E-state index is 0.0323. The molecule has 21 heavy (non-hydrogen) atoms. The van der Waals surface area contributed by atoms with Gasteiger partial charge in [0.15, 0.2) is 0 Å². The van der Waals surface area contributed by atoms with Gasteiger partial charge in [0.2, 0.25) is 5.91 Å². The monoisotopic (exact) mass is 302 g/mol. The fraction of sp³-hybridized carbons (Fsp3) is 0.786. The minimum Gasteiger partial charge on any atom is -0.481 e. The number of amides is 3. The Bertz CT molecular complexity index is 362. The van der Waals surface area contributed by atoms with Gasteiger partial charge < -0.3 is 15.2 Å². The summed E-state index contributed by atoms with van der Waals surface area (Å²) in [6, 6.07) is -0.735. The number of carbonyl (C=O) groups excluding carboxylic acids is 2. The van der Waals surface area contributed by atoms with Crippen LogP contribution in [0.5, 0.6) is 0 Å². The molecule has 0 aromatic heterocycles. The highest BCUT2D eigenvalue weighted by atomic mass is 16.5. The SMILES string of the molecule is CCCC(COC)NC(=O)NC(=O)CC(C)(C)CC(=O)O. The zero-order valence-electron chi connectivity index (χ0n) is 13.2. The first kappa shape index (κ1) is 19.4. The Balaban J connectivity index is 4.30. The molecule has 3 amide bonds. The van der Waals surface area contributed by atoms with Crippen LogP contribution in [0.4, 0.5) is 4.79 Å². The Labute approximate surface area is 125 Å². The number of nitrogens with one attached hydrogen (secondary N) is 2. The lowest BCUT2D eigenvalue weighted by molar-refractivity contribution is -0.139. The molecule has 0 spiro atoms. The topological polar surface area (TPSA) is 105 Å². The molecule has 0 aliphatic heterocycles. The third kappa shape index (κ3) is 9.84. The molecular formula is C14H26N2O5. The number of methoxy groups -OCH3 is 1. The van der Waals surface area contributed by atoms with Crippen LogP contribution in [0.3, 0.4) is 0 Å². The van der Waals surface area contributed by atoms with Gasteiger partial charge in [0, 0.05) is 13.5 Å². The molecule has 7 heteroatoms. The van der Waals surface area contributed by atoms with Crippen LogP contribution in [0.15, 0.2) is 0 Å². The number of hydrogen-bond acceptors (Lipinski definition) is 4. The van der Waals surface area contributed by atoms with E-state index in [-0.39, 0.29) is 18.9 Å². The van der Waals surface area contributed by atoms with Gasteiger partial charge in [-0.15, -0.1) is 0 Å². The smallest absolute Gasteiger partial charge is 0.321 e. The summed E-state index contributed by atoms with van der Waals surface area (Å²) in [7, 11) is 1.54. The Morgan fingerprint density at radius 2 is 1.86 bits per heavy atom. The number of ether oxygens (including phenoxy) is 1. The van der Waals surface area contributed by atoms with Gasteiger partial charge in [-0.1, -0.05) is 27.2 Å². The third-order valence-electron chi connectivity index (χ3n) is 2.86. The van der Waals surface area contributed by atoms with Crippen LogP contribution in [0, 0.1) is 5.41 Å². The van der Waals surface area contributed by atoms with Gasteiger partial charge in [-0.2, -0.15) is 0 Å². The maximum absolute atomic E-state index is 11.8. The maximum Gasteiger partial charge on any atom is 0.321 e. The molecule has 1 unspecified atom stereocenters. The van der Waals surface area contributed by atoms with E-state index in [0.29, 0.717) is 6.61 Å². The molecule has 0 aromatic carbocycles. The molecule has 0 radical (unpaired) electrons. The second-order valence-electron chi connectivity index (χ2n) is 5.87. The molecule has 0 fully saturated rings. The molecule has 0 rings (SSSR count). The summed E-state index contributed by atoms with van der Waals surface area (Å²) in [5.41, 5.74) is -0.703. The summed E-state index contributed by atoms with van der Waals surface area (Å²) in [6.45, 7) is 5.70. The van der Waals surface area contributed by atoms with E-state index in [1.165, 1.54) is 0 Å². The molecule has 122 valence electrons. The maximum atomic E-state index is 11.8. The summed E-state index contributed by atoms with van der Waals surface area (Å²) < 4.78 is 4.99. The van der Waals surface area contributed by atoms with Crippen molar-refractivity contribution in [1.29, 1.82) is 0 Å². The van der Waals surface area contributed by atoms with E-state index in [1.807, 2.05) is 6.92 Å². The van der Waals surface area contributed by atoms with Gasteiger partial charge >= 0.3 is 12.0 Å². The first-order valence-corrected chi connectivity index (χ1v) is 7.01. The summed E-state index contributed by atoms with van der Waals surface area (Å²) >= 11 is 0. The number of urea groups is 1. The molecule has 3 N–H and O–H groups in total. The van der Waals surface area contributed by atoms with Crippen molar-refractivity contribution in [2.24, 2.45) is 5.41 Å². The van der Waals surface area contributed by atoms with E-state index in [2.05, 4.69) is 10.6 Å². The van der Waals surface area contributed by atoms with Crippen molar-refractivity contribution >= 4 is 17.9 Å². The van der Waals surface area contributed by atoms with Crippen molar-refractivity contribution < 1.29 is 24.2 Å². The van der Waals surface area contributed by atoms with E-state index in [0.717, 1.165) is 12.8 Å². The summed E-state index contributed by atoms with van der Waals surface area (Å²) in [5, 5.41) is 13.6. The van der Waals surface area contributed by atoms with Gasteiger partial charge in [-0.25, -0.2) is 4.79 Å². The molecule has 7 nitrogen and oxygen atoms in total. The number of rotatable bonds is 9. The highest BCUT2D eigenvalue weighted by Gasteiger charge is 2.26. The fourth-order valence-electron chi connectivity index (χ4n) is 2.05. The quantitative estimate of drug-likeness (QED) is 0.599. The standard InChI is InChI=1S/C14H26N2O5/c1-5-6-10(9-21-4)15-13(20)16-11(17)7-14(2,3)8-12(18)19/h10H,5-9H2,1-4H3,(H,18,19)(H2,15,16,17,20). The van der Waals surface area contributed by atoms with Gasteiger partial charge in [0.1, 0.15) is 0 Å². The van der Waals surface area contributed by atoms with E-state index in [1.54, 1.807) is 21.0 Å². The number of carboxylic acid groups (broad SMARTS) is 1.